The van der Waals surface area contributed by atoms with Crippen LogP contribution in [0.2, 0.25) is 10.0 Å². The summed E-state index contributed by atoms with van der Waals surface area (Å²) in [5, 5.41) is 2.89. The number of rotatable bonds is 0. The van der Waals surface area contributed by atoms with Crippen molar-refractivity contribution in [2.24, 2.45) is 0 Å². The van der Waals surface area contributed by atoms with E-state index in [-0.39, 0.29) is 0 Å². The lowest BCUT2D eigenvalue weighted by atomic mass is 9.84. The summed E-state index contributed by atoms with van der Waals surface area (Å²) in [6, 6.07) is 7.34. The van der Waals surface area contributed by atoms with Crippen molar-refractivity contribution in [3.8, 4) is 0 Å². The maximum atomic E-state index is 11.9. The molecule has 2 aromatic rings. The van der Waals surface area contributed by atoms with E-state index in [0.29, 0.717) is 34.0 Å². The Labute approximate surface area is 130 Å². The largest absolute Gasteiger partial charge is 0.386 e. The number of fused-ring (bicyclic) bond motifs is 4. The number of hydrogen-bond acceptors (Lipinski definition) is 3. The molecule has 0 fully saturated rings. The molecule has 104 valence electrons. The smallest absolute Gasteiger partial charge is 0.347 e. The van der Waals surface area contributed by atoms with E-state index in [0.717, 1.165) is 21.9 Å². The summed E-state index contributed by atoms with van der Waals surface area (Å²) in [5.41, 5.74) is 2.65. The molecule has 2 aliphatic rings. The van der Waals surface area contributed by atoms with E-state index >= 15 is 0 Å². The second-order valence-corrected chi connectivity index (χ2v) is 5.92. The van der Waals surface area contributed by atoms with Crippen molar-refractivity contribution in [1.29, 1.82) is 0 Å². The molecule has 3 nitrogen and oxygen atoms in total. The average Bonchev–Trinajstić information content (AvgIpc) is 2.75. The van der Waals surface area contributed by atoms with Gasteiger partial charge in [-0.3, -0.25) is 0 Å². The number of carbonyl (C=O) groups excluding carboxylic acids is 2. The Morgan fingerprint density at radius 1 is 0.952 bits per heavy atom. The minimum absolute atomic E-state index is 0.397. The average molecular weight is 319 g/mol. The van der Waals surface area contributed by atoms with Crippen LogP contribution in [0.15, 0.2) is 29.8 Å². The Morgan fingerprint density at radius 2 is 1.71 bits per heavy atom. The molecule has 0 saturated carbocycles. The lowest BCUT2D eigenvalue weighted by molar-refractivity contribution is -0.150. The van der Waals surface area contributed by atoms with Crippen molar-refractivity contribution in [3.05, 3.63) is 51.0 Å². The van der Waals surface area contributed by atoms with Crippen molar-refractivity contribution in [2.45, 2.75) is 12.8 Å². The fourth-order valence-corrected chi connectivity index (χ4v) is 3.39. The molecular weight excluding hydrogens is 311 g/mol. The van der Waals surface area contributed by atoms with Gasteiger partial charge in [0.2, 0.25) is 0 Å². The molecule has 21 heavy (non-hydrogen) atoms. The lowest BCUT2D eigenvalue weighted by Gasteiger charge is -2.18. The molecule has 0 radical (unpaired) electrons. The van der Waals surface area contributed by atoms with Gasteiger partial charge in [0.05, 0.1) is 21.2 Å². The summed E-state index contributed by atoms with van der Waals surface area (Å²) in [5.74, 6) is -1.08. The monoisotopic (exact) mass is 318 g/mol. The third-order valence-electron chi connectivity index (χ3n) is 4.00. The SMILES string of the molecule is O=C1OC(=O)C2=C1CCc1c2ccc2cc(Cl)c(Cl)cc12. The summed E-state index contributed by atoms with van der Waals surface area (Å²) in [6.45, 7) is 0. The zero-order valence-corrected chi connectivity index (χ0v) is 12.2. The third-order valence-corrected chi connectivity index (χ3v) is 4.73. The van der Waals surface area contributed by atoms with Crippen molar-refractivity contribution in [3.63, 3.8) is 0 Å². The minimum atomic E-state index is -0.560. The molecule has 0 atom stereocenters. The van der Waals surface area contributed by atoms with Gasteiger partial charge in [-0.15, -0.1) is 0 Å². The van der Waals surface area contributed by atoms with E-state index in [1.807, 2.05) is 24.3 Å². The van der Waals surface area contributed by atoms with Crippen LogP contribution in [0.4, 0.5) is 0 Å². The molecule has 1 aliphatic carbocycles. The Balaban J connectivity index is 2.05. The lowest BCUT2D eigenvalue weighted by Crippen LogP contribution is -2.07. The van der Waals surface area contributed by atoms with Crippen molar-refractivity contribution >= 4 is 51.5 Å². The number of halogens is 2. The first-order valence-electron chi connectivity index (χ1n) is 6.47. The highest BCUT2D eigenvalue weighted by Crippen LogP contribution is 2.41. The van der Waals surface area contributed by atoms with Gasteiger partial charge in [0.15, 0.2) is 0 Å². The number of carbonyl (C=O) groups is 2. The van der Waals surface area contributed by atoms with Crippen molar-refractivity contribution < 1.29 is 14.3 Å². The maximum absolute atomic E-state index is 11.9. The molecule has 1 aliphatic heterocycles. The number of cyclic esters (lactones) is 2. The van der Waals surface area contributed by atoms with E-state index in [1.165, 1.54) is 0 Å². The highest BCUT2D eigenvalue weighted by atomic mass is 35.5. The van der Waals surface area contributed by atoms with Crippen LogP contribution in [0.5, 0.6) is 0 Å². The summed E-state index contributed by atoms with van der Waals surface area (Å²) in [4.78, 5) is 23.5. The van der Waals surface area contributed by atoms with E-state index in [4.69, 9.17) is 27.9 Å². The summed E-state index contributed by atoms with van der Waals surface area (Å²) in [6.07, 6.45) is 1.18. The van der Waals surface area contributed by atoms with Gasteiger partial charge in [0, 0.05) is 0 Å². The van der Waals surface area contributed by atoms with Crippen molar-refractivity contribution in [1.82, 2.24) is 0 Å². The molecule has 0 bridgehead atoms. The van der Waals surface area contributed by atoms with E-state index in [1.54, 1.807) is 0 Å². The number of ether oxygens (including phenoxy) is 1. The molecule has 0 saturated heterocycles. The van der Waals surface area contributed by atoms with Crippen LogP contribution in [0.1, 0.15) is 17.5 Å². The van der Waals surface area contributed by atoms with Gasteiger partial charge in [-0.25, -0.2) is 9.59 Å². The van der Waals surface area contributed by atoms with Crippen LogP contribution in [0.25, 0.3) is 16.3 Å². The van der Waals surface area contributed by atoms with Gasteiger partial charge in [0.1, 0.15) is 0 Å². The number of benzene rings is 2. The molecule has 5 heteroatoms. The summed E-state index contributed by atoms with van der Waals surface area (Å²) in [7, 11) is 0. The maximum Gasteiger partial charge on any atom is 0.347 e. The van der Waals surface area contributed by atoms with Gasteiger partial charge in [0.25, 0.3) is 0 Å². The number of esters is 2. The molecule has 0 N–H and O–H groups in total. The highest BCUT2D eigenvalue weighted by molar-refractivity contribution is 6.43. The second-order valence-electron chi connectivity index (χ2n) is 5.11. The molecule has 0 spiro atoms. The zero-order valence-electron chi connectivity index (χ0n) is 10.7. The third kappa shape index (κ3) is 1.74. The first-order chi connectivity index (χ1) is 10.1. The van der Waals surface area contributed by atoms with Crippen LogP contribution in [0.3, 0.4) is 0 Å². The molecular formula is C16H8Cl2O3. The van der Waals surface area contributed by atoms with Crippen LogP contribution in [0, 0.1) is 0 Å². The van der Waals surface area contributed by atoms with Crippen LogP contribution < -0.4 is 0 Å². The fourth-order valence-electron chi connectivity index (χ4n) is 3.06. The van der Waals surface area contributed by atoms with Crippen LogP contribution >= 0.6 is 23.2 Å². The Bertz CT molecular complexity index is 881. The van der Waals surface area contributed by atoms with Gasteiger partial charge >= 0.3 is 11.9 Å². The predicted molar refractivity (Wildman–Crippen MR) is 80.3 cm³/mol. The highest BCUT2D eigenvalue weighted by Gasteiger charge is 2.37. The van der Waals surface area contributed by atoms with Crippen molar-refractivity contribution in [2.75, 3.05) is 0 Å². The quantitative estimate of drug-likeness (QED) is 0.546. The molecule has 2 aromatic carbocycles. The molecule has 0 aromatic heterocycles. The van der Waals surface area contributed by atoms with E-state index in [2.05, 4.69) is 0 Å². The van der Waals surface area contributed by atoms with Crippen LogP contribution in [-0.4, -0.2) is 11.9 Å². The van der Waals surface area contributed by atoms with E-state index in [9.17, 15) is 9.59 Å². The zero-order chi connectivity index (χ0) is 14.7. The molecule has 4 rings (SSSR count). The fraction of sp³-hybridized carbons (Fsp3) is 0.125. The Morgan fingerprint density at radius 3 is 2.52 bits per heavy atom. The first-order valence-corrected chi connectivity index (χ1v) is 7.22. The molecule has 0 amide bonds. The predicted octanol–water partition coefficient (Wildman–Crippen LogP) is 3.93. The standard InChI is InChI=1S/C16H8Cl2O3/c17-12-5-7-1-2-9-8(11(7)6-13(12)18)3-4-10-14(9)16(20)21-15(10)19/h1-2,5-6H,3-4H2. The number of aryl methyl sites for hydroxylation is 1. The molecule has 1 heterocycles. The van der Waals surface area contributed by atoms with Gasteiger partial charge in [-0.1, -0.05) is 35.3 Å². The number of hydrogen-bond donors (Lipinski definition) is 0. The Hall–Kier alpha value is -1.84. The Kier molecular flexibility index (Phi) is 2.65. The topological polar surface area (TPSA) is 43.4 Å². The first kappa shape index (κ1) is 12.9. The molecule has 0 unspecified atom stereocenters. The van der Waals surface area contributed by atoms with Gasteiger partial charge in [-0.05, 0) is 46.9 Å². The summed E-state index contributed by atoms with van der Waals surface area (Å²) >= 11 is 12.1. The van der Waals surface area contributed by atoms with Gasteiger partial charge in [-0.2, -0.15) is 0 Å². The van der Waals surface area contributed by atoms with Gasteiger partial charge < -0.3 is 4.74 Å². The van der Waals surface area contributed by atoms with E-state index < -0.39 is 11.9 Å². The van der Waals surface area contributed by atoms with Crippen LogP contribution in [-0.2, 0) is 20.7 Å². The summed E-state index contributed by atoms with van der Waals surface area (Å²) < 4.78 is 4.72. The second kappa shape index (κ2) is 4.33. The minimum Gasteiger partial charge on any atom is -0.386 e. The normalized spacial score (nSPS) is 17.0.